The van der Waals surface area contributed by atoms with E-state index in [0.717, 1.165) is 11.5 Å². The zero-order valence-corrected chi connectivity index (χ0v) is 13.3. The summed E-state index contributed by atoms with van der Waals surface area (Å²) in [5, 5.41) is 22.7. The van der Waals surface area contributed by atoms with Gasteiger partial charge in [-0.3, -0.25) is 10.1 Å². The normalized spacial score (nSPS) is 18.8. The van der Waals surface area contributed by atoms with Gasteiger partial charge in [-0.15, -0.1) is 0 Å². The van der Waals surface area contributed by atoms with Gasteiger partial charge < -0.3 is 5.11 Å². The molecule has 1 aliphatic heterocycles. The number of nitrogens with zero attached hydrogens (tertiary/aromatic N) is 3. The van der Waals surface area contributed by atoms with Crippen molar-refractivity contribution in [3.63, 3.8) is 0 Å². The molecular formula is C19H16N3O3+. The van der Waals surface area contributed by atoms with Gasteiger partial charge in [-0.1, -0.05) is 36.4 Å². The van der Waals surface area contributed by atoms with Crippen LogP contribution >= 0.6 is 0 Å². The van der Waals surface area contributed by atoms with E-state index in [-0.39, 0.29) is 12.2 Å². The number of hydrogen-bond acceptors (Lipinski definition) is 4. The van der Waals surface area contributed by atoms with E-state index in [4.69, 9.17) is 0 Å². The molecule has 0 saturated carbocycles. The van der Waals surface area contributed by atoms with Gasteiger partial charge in [-0.05, 0) is 18.2 Å². The third kappa shape index (κ3) is 2.43. The van der Waals surface area contributed by atoms with Crippen molar-refractivity contribution in [1.82, 2.24) is 0 Å². The Kier molecular flexibility index (Phi) is 3.47. The van der Waals surface area contributed by atoms with Crippen molar-refractivity contribution in [2.45, 2.75) is 12.3 Å². The maximum Gasteiger partial charge on any atom is 0.284 e. The van der Waals surface area contributed by atoms with Crippen LogP contribution in [0.5, 0.6) is 0 Å². The van der Waals surface area contributed by atoms with E-state index < -0.39 is 10.6 Å². The first kappa shape index (κ1) is 15.3. The second-order valence-electron chi connectivity index (χ2n) is 5.98. The number of aromatic nitrogens is 1. The fraction of sp³-hybridized carbons (Fsp3) is 0.105. The van der Waals surface area contributed by atoms with Gasteiger partial charge in [-0.25, -0.2) is 4.57 Å². The quantitative estimate of drug-likeness (QED) is 0.454. The van der Waals surface area contributed by atoms with Crippen LogP contribution in [0.3, 0.4) is 0 Å². The second kappa shape index (κ2) is 5.68. The molecule has 25 heavy (non-hydrogen) atoms. The molecule has 0 radical (unpaired) electrons. The molecular weight excluding hydrogens is 318 g/mol. The van der Waals surface area contributed by atoms with E-state index in [2.05, 4.69) is 0 Å². The first-order valence-electron chi connectivity index (χ1n) is 7.91. The standard InChI is InChI=1S/C19H16N3O3/c23-19(15-7-6-10-17(13-15)22(24)25)14-20-12-5-4-11-18(20)21(19)16-8-2-1-3-9-16/h1-13,23H,14H2/q+1/t19-/m1/s1. The monoisotopic (exact) mass is 334 g/mol. The summed E-state index contributed by atoms with van der Waals surface area (Å²) < 4.78 is 1.94. The molecule has 1 aromatic heterocycles. The van der Waals surface area contributed by atoms with Gasteiger partial charge in [-0.2, -0.15) is 4.90 Å². The average Bonchev–Trinajstić information content (AvgIpc) is 2.95. The zero-order chi connectivity index (χ0) is 17.4. The molecule has 6 nitrogen and oxygen atoms in total. The summed E-state index contributed by atoms with van der Waals surface area (Å²) in [6.45, 7) is 0.277. The average molecular weight is 334 g/mol. The Bertz CT molecular complexity index is 945. The fourth-order valence-corrected chi connectivity index (χ4v) is 3.31. The highest BCUT2D eigenvalue weighted by molar-refractivity contribution is 5.62. The topological polar surface area (TPSA) is 70.5 Å². The van der Waals surface area contributed by atoms with Gasteiger partial charge in [0.25, 0.3) is 17.2 Å². The van der Waals surface area contributed by atoms with E-state index in [1.165, 1.54) is 12.1 Å². The number of pyridine rings is 1. The van der Waals surface area contributed by atoms with Crippen LogP contribution in [0.1, 0.15) is 5.56 Å². The first-order valence-corrected chi connectivity index (χ1v) is 7.91. The number of nitro groups is 1. The summed E-state index contributed by atoms with van der Waals surface area (Å²) >= 11 is 0. The Morgan fingerprint density at radius 3 is 2.56 bits per heavy atom. The molecule has 4 rings (SSSR count). The molecule has 0 amide bonds. The zero-order valence-electron chi connectivity index (χ0n) is 13.3. The van der Waals surface area contributed by atoms with Crippen molar-refractivity contribution in [2.75, 3.05) is 4.90 Å². The van der Waals surface area contributed by atoms with Crippen LogP contribution in [0.15, 0.2) is 79.0 Å². The Hall–Kier alpha value is -3.25. The van der Waals surface area contributed by atoms with Crippen LogP contribution < -0.4 is 9.47 Å². The van der Waals surface area contributed by atoms with E-state index in [0.29, 0.717) is 5.56 Å². The molecule has 124 valence electrons. The summed E-state index contributed by atoms with van der Waals surface area (Å²) in [7, 11) is 0. The molecule has 0 aliphatic carbocycles. The summed E-state index contributed by atoms with van der Waals surface area (Å²) in [5.41, 5.74) is -0.162. The van der Waals surface area contributed by atoms with Gasteiger partial charge >= 0.3 is 0 Å². The highest BCUT2D eigenvalue weighted by atomic mass is 16.6. The lowest BCUT2D eigenvalue weighted by Crippen LogP contribution is -2.43. The lowest BCUT2D eigenvalue weighted by Gasteiger charge is -2.27. The number of fused-ring (bicyclic) bond motifs is 1. The molecule has 0 saturated heterocycles. The molecule has 6 heteroatoms. The minimum Gasteiger partial charge on any atom is -0.346 e. The van der Waals surface area contributed by atoms with Crippen LogP contribution in [0.25, 0.3) is 0 Å². The Morgan fingerprint density at radius 2 is 1.80 bits per heavy atom. The highest BCUT2D eigenvalue weighted by Gasteiger charge is 2.53. The van der Waals surface area contributed by atoms with Crippen molar-refractivity contribution < 1.29 is 14.6 Å². The van der Waals surface area contributed by atoms with Crippen molar-refractivity contribution in [3.8, 4) is 0 Å². The number of rotatable bonds is 3. The van der Waals surface area contributed by atoms with Gasteiger partial charge in [0.2, 0.25) is 0 Å². The highest BCUT2D eigenvalue weighted by Crippen LogP contribution is 2.41. The lowest BCUT2D eigenvalue weighted by atomic mass is 10.0. The molecule has 1 aliphatic rings. The maximum atomic E-state index is 11.6. The minimum atomic E-state index is -1.41. The first-order chi connectivity index (χ1) is 12.1. The number of non-ortho nitro benzene ring substituents is 1. The van der Waals surface area contributed by atoms with Crippen LogP contribution in [0, 0.1) is 10.1 Å². The van der Waals surface area contributed by atoms with Crippen LogP contribution in [-0.2, 0) is 12.3 Å². The minimum absolute atomic E-state index is 0.0418. The van der Waals surface area contributed by atoms with E-state index in [9.17, 15) is 15.2 Å². The molecule has 0 fully saturated rings. The number of hydrogen-bond donors (Lipinski definition) is 1. The maximum absolute atomic E-state index is 11.6. The van der Waals surface area contributed by atoms with Gasteiger partial charge in [0.05, 0.1) is 11.1 Å². The van der Waals surface area contributed by atoms with Crippen molar-refractivity contribution in [1.29, 1.82) is 0 Å². The summed E-state index contributed by atoms with van der Waals surface area (Å²) in [6, 6.07) is 21.4. The van der Waals surface area contributed by atoms with Crippen molar-refractivity contribution >= 4 is 17.2 Å². The molecule has 1 atom stereocenters. The smallest absolute Gasteiger partial charge is 0.284 e. The molecule has 3 aromatic rings. The largest absolute Gasteiger partial charge is 0.346 e. The summed E-state index contributed by atoms with van der Waals surface area (Å²) in [4.78, 5) is 12.5. The Balaban J connectivity index is 1.91. The van der Waals surface area contributed by atoms with E-state index in [1.807, 2.05) is 64.2 Å². The number of para-hydroxylation sites is 1. The molecule has 0 bridgehead atoms. The van der Waals surface area contributed by atoms with Crippen LogP contribution in [0.2, 0.25) is 0 Å². The predicted molar refractivity (Wildman–Crippen MR) is 92.2 cm³/mol. The van der Waals surface area contributed by atoms with E-state index >= 15 is 0 Å². The molecule has 1 N–H and O–H groups in total. The number of anilines is 2. The van der Waals surface area contributed by atoms with Crippen LogP contribution in [0.4, 0.5) is 17.2 Å². The SMILES string of the molecule is O=[N+]([O-])c1cccc([C@]2(O)C[n+]3ccccc3N2c2ccccc2)c1. The Labute approximate surface area is 144 Å². The molecule has 2 heterocycles. The Morgan fingerprint density at radius 1 is 1.04 bits per heavy atom. The van der Waals surface area contributed by atoms with Gasteiger partial charge in [0.15, 0.2) is 6.54 Å². The van der Waals surface area contributed by atoms with E-state index in [1.54, 1.807) is 12.1 Å². The van der Waals surface area contributed by atoms with Gasteiger partial charge in [0, 0.05) is 23.8 Å². The fourth-order valence-electron chi connectivity index (χ4n) is 3.31. The lowest BCUT2D eigenvalue weighted by molar-refractivity contribution is -0.683. The number of benzene rings is 2. The molecule has 2 aromatic carbocycles. The third-order valence-electron chi connectivity index (χ3n) is 4.44. The summed E-state index contributed by atoms with van der Waals surface area (Å²) in [5.74, 6) is 0.822. The summed E-state index contributed by atoms with van der Waals surface area (Å²) in [6.07, 6.45) is 1.89. The number of nitro benzene ring substituents is 1. The third-order valence-corrected chi connectivity index (χ3v) is 4.44. The predicted octanol–water partition coefficient (Wildman–Crippen LogP) is 2.88. The molecule has 0 unspecified atom stereocenters. The van der Waals surface area contributed by atoms with Crippen LogP contribution in [-0.4, -0.2) is 10.0 Å². The number of aliphatic hydroxyl groups is 1. The molecule has 0 spiro atoms. The van der Waals surface area contributed by atoms with Crippen molar-refractivity contribution in [2.24, 2.45) is 0 Å². The second-order valence-corrected chi connectivity index (χ2v) is 5.98. The van der Waals surface area contributed by atoms with Gasteiger partial charge in [0.1, 0.15) is 5.69 Å². The van der Waals surface area contributed by atoms with Crippen molar-refractivity contribution in [3.05, 3.63) is 94.7 Å².